The zero-order valence-electron chi connectivity index (χ0n) is 20.2. The summed E-state index contributed by atoms with van der Waals surface area (Å²) in [6.07, 6.45) is -13.9. The molecule has 2 aromatic heterocycles. The van der Waals surface area contributed by atoms with E-state index in [0.717, 1.165) is 17.0 Å². The summed E-state index contributed by atoms with van der Waals surface area (Å²) in [5.74, 6) is -8.98. The van der Waals surface area contributed by atoms with Crippen molar-refractivity contribution in [1.29, 1.82) is 0 Å². The number of aryl methyl sites for hydroxylation is 1. The molecule has 1 saturated carbocycles. The molecule has 5 rings (SSSR count). The molecule has 6 bridgehead atoms. The van der Waals surface area contributed by atoms with E-state index in [2.05, 4.69) is 15.2 Å². The highest BCUT2D eigenvalue weighted by atomic mass is 19.4. The summed E-state index contributed by atoms with van der Waals surface area (Å²) in [6, 6.07) is 2.34. The van der Waals surface area contributed by atoms with Crippen molar-refractivity contribution in [3.63, 3.8) is 0 Å². The molecule has 1 aromatic carbocycles. The molecular formula is C24H20F9N5O2. The maximum atomic E-state index is 14.7. The molecule has 40 heavy (non-hydrogen) atoms. The van der Waals surface area contributed by atoms with Crippen LogP contribution < -0.4 is 5.73 Å². The largest absolute Gasteiger partial charge is 0.418 e. The Kier molecular flexibility index (Phi) is 6.76. The number of pyridine rings is 1. The Morgan fingerprint density at radius 3 is 2.38 bits per heavy atom. The van der Waals surface area contributed by atoms with E-state index in [0.29, 0.717) is 6.07 Å². The maximum absolute atomic E-state index is 14.7. The molecule has 1 aliphatic heterocycles. The third-order valence-corrected chi connectivity index (χ3v) is 6.95. The minimum absolute atomic E-state index is 0.00816. The van der Waals surface area contributed by atoms with Gasteiger partial charge < -0.3 is 15.3 Å². The van der Waals surface area contributed by atoms with Gasteiger partial charge in [0.05, 0.1) is 16.9 Å². The summed E-state index contributed by atoms with van der Waals surface area (Å²) in [4.78, 5) is 4.78. The van der Waals surface area contributed by atoms with Gasteiger partial charge in [-0.2, -0.15) is 26.3 Å². The Balaban J connectivity index is 1.71. The van der Waals surface area contributed by atoms with E-state index in [4.69, 9.17) is 10.2 Å². The molecule has 3 heterocycles. The van der Waals surface area contributed by atoms with Crippen molar-refractivity contribution in [1.82, 2.24) is 20.1 Å². The minimum Gasteiger partial charge on any atom is -0.418 e. The molecule has 3 aromatic rings. The van der Waals surface area contributed by atoms with Crippen LogP contribution in [0.25, 0.3) is 11.6 Å². The zero-order chi connectivity index (χ0) is 29.2. The first-order valence-corrected chi connectivity index (χ1v) is 11.9. The van der Waals surface area contributed by atoms with Crippen LogP contribution in [0.4, 0.5) is 45.2 Å². The molecule has 2 aliphatic rings. The summed E-state index contributed by atoms with van der Waals surface area (Å²) in [5.41, 5.74) is 1.21. The van der Waals surface area contributed by atoms with Crippen molar-refractivity contribution in [2.45, 2.75) is 62.1 Å². The Bertz CT molecular complexity index is 1410. The standard InChI is InChI=1S/C24H20F9N5O2/c25-14-4-3-10-2-1-5-38(11-8-22(26,27)9-11)21(39)17-13(23(28,29)30)7-15(34)18(35-17)20-37-36-19(40-20)16(12(14)6-10)24(31,32)33/h3-4,6-7,11,16,21,39H,1-2,5,8-9,34H2. The Labute approximate surface area is 219 Å². The van der Waals surface area contributed by atoms with Gasteiger partial charge >= 0.3 is 12.4 Å². The molecule has 2 atom stereocenters. The van der Waals surface area contributed by atoms with Crippen molar-refractivity contribution in [3.8, 4) is 11.6 Å². The summed E-state index contributed by atoms with van der Waals surface area (Å²) in [7, 11) is 0. The molecule has 2 unspecified atom stereocenters. The number of aromatic nitrogens is 3. The lowest BCUT2D eigenvalue weighted by molar-refractivity contribution is -0.163. The van der Waals surface area contributed by atoms with Gasteiger partial charge in [-0.1, -0.05) is 12.1 Å². The van der Waals surface area contributed by atoms with Crippen LogP contribution in [0, 0.1) is 5.82 Å². The van der Waals surface area contributed by atoms with E-state index in [9.17, 15) is 44.6 Å². The smallest absolute Gasteiger partial charge is 0.418 e. The fourth-order valence-electron chi connectivity index (χ4n) is 5.00. The second-order valence-electron chi connectivity index (χ2n) is 9.77. The van der Waals surface area contributed by atoms with Crippen molar-refractivity contribution in [2.24, 2.45) is 0 Å². The highest BCUT2D eigenvalue weighted by molar-refractivity contribution is 5.67. The van der Waals surface area contributed by atoms with Crippen molar-refractivity contribution in [3.05, 3.63) is 58.4 Å². The van der Waals surface area contributed by atoms with E-state index in [-0.39, 0.29) is 24.9 Å². The van der Waals surface area contributed by atoms with E-state index >= 15 is 0 Å². The quantitative estimate of drug-likeness (QED) is 0.361. The molecule has 1 fully saturated rings. The number of fused-ring (bicyclic) bond motifs is 7. The number of benzene rings is 1. The van der Waals surface area contributed by atoms with Crippen molar-refractivity contribution in [2.75, 3.05) is 12.3 Å². The highest BCUT2D eigenvalue weighted by Gasteiger charge is 2.51. The first kappa shape index (κ1) is 28.1. The number of aliphatic hydroxyl groups is 1. The number of nitrogens with two attached hydrogens (primary N) is 1. The summed E-state index contributed by atoms with van der Waals surface area (Å²) in [5, 5.41) is 17.9. The van der Waals surface area contributed by atoms with Crippen LogP contribution >= 0.6 is 0 Å². The third kappa shape index (κ3) is 5.21. The molecule has 0 amide bonds. The molecular weight excluding hydrogens is 561 g/mol. The average Bonchev–Trinajstić information content (AvgIpc) is 3.28. The molecule has 0 spiro atoms. The van der Waals surface area contributed by atoms with Crippen LogP contribution in [0.3, 0.4) is 0 Å². The van der Waals surface area contributed by atoms with Gasteiger partial charge in [0.2, 0.25) is 5.89 Å². The minimum atomic E-state index is -5.12. The molecule has 3 N–H and O–H groups in total. The lowest BCUT2D eigenvalue weighted by Gasteiger charge is -2.44. The number of aliphatic hydroxyl groups excluding tert-OH is 1. The Hall–Kier alpha value is -3.40. The van der Waals surface area contributed by atoms with E-state index in [1.807, 2.05) is 0 Å². The lowest BCUT2D eigenvalue weighted by Crippen LogP contribution is -2.52. The second kappa shape index (κ2) is 9.61. The van der Waals surface area contributed by atoms with Gasteiger partial charge in [-0.3, -0.25) is 4.90 Å². The zero-order valence-corrected chi connectivity index (χ0v) is 20.2. The van der Waals surface area contributed by atoms with Gasteiger partial charge in [-0.25, -0.2) is 18.2 Å². The van der Waals surface area contributed by atoms with Crippen LogP contribution in [-0.4, -0.2) is 49.9 Å². The van der Waals surface area contributed by atoms with Crippen LogP contribution in [0.5, 0.6) is 0 Å². The topological polar surface area (TPSA) is 101 Å². The van der Waals surface area contributed by atoms with Crippen LogP contribution in [0.1, 0.15) is 59.7 Å². The number of halogens is 9. The number of rotatable bonds is 1. The summed E-state index contributed by atoms with van der Waals surface area (Å²) in [6.45, 7) is -0.236. The normalized spacial score (nSPS) is 22.4. The van der Waals surface area contributed by atoms with Gasteiger partial charge in [-0.15, -0.1) is 10.2 Å². The molecule has 16 heteroatoms. The van der Waals surface area contributed by atoms with Gasteiger partial charge in [0.25, 0.3) is 11.8 Å². The summed E-state index contributed by atoms with van der Waals surface area (Å²) < 4.78 is 132. The molecule has 0 radical (unpaired) electrons. The first-order valence-electron chi connectivity index (χ1n) is 11.9. The molecule has 216 valence electrons. The predicted octanol–water partition coefficient (Wildman–Crippen LogP) is 5.60. The fourth-order valence-corrected chi connectivity index (χ4v) is 5.00. The molecule has 1 aliphatic carbocycles. The number of hydrogen-bond acceptors (Lipinski definition) is 7. The number of alkyl halides is 8. The number of hydrogen-bond donors (Lipinski definition) is 2. The molecule has 7 nitrogen and oxygen atoms in total. The fraction of sp³-hybridized carbons (Fsp3) is 0.458. The predicted molar refractivity (Wildman–Crippen MR) is 119 cm³/mol. The van der Waals surface area contributed by atoms with E-state index in [1.54, 1.807) is 0 Å². The van der Waals surface area contributed by atoms with Crippen LogP contribution in [-0.2, 0) is 12.6 Å². The Morgan fingerprint density at radius 2 is 1.75 bits per heavy atom. The van der Waals surface area contributed by atoms with Gasteiger partial charge in [-0.05, 0) is 30.5 Å². The third-order valence-electron chi connectivity index (χ3n) is 6.95. The number of anilines is 1. The first-order chi connectivity index (χ1) is 18.5. The maximum Gasteiger partial charge on any atom is 0.418 e. The SMILES string of the molecule is Nc1cc(C(F)(F)F)c2nc1-c1nnc(o1)C(C(F)(F)F)c1cc(ccc1F)CCCN(C1CC(F)(F)C1)C2O. The lowest BCUT2D eigenvalue weighted by atomic mass is 9.86. The summed E-state index contributed by atoms with van der Waals surface area (Å²) >= 11 is 0. The average molecular weight is 581 g/mol. The van der Waals surface area contributed by atoms with Crippen molar-refractivity contribution < 1.29 is 49.0 Å². The highest BCUT2D eigenvalue weighted by Crippen LogP contribution is 2.46. The Morgan fingerprint density at radius 1 is 1.05 bits per heavy atom. The molecule has 0 saturated heterocycles. The van der Waals surface area contributed by atoms with Crippen LogP contribution in [0.15, 0.2) is 28.7 Å². The second-order valence-corrected chi connectivity index (χ2v) is 9.77. The van der Waals surface area contributed by atoms with Crippen LogP contribution in [0.2, 0.25) is 0 Å². The number of nitrogen functional groups attached to an aromatic ring is 1. The van der Waals surface area contributed by atoms with Crippen molar-refractivity contribution >= 4 is 5.69 Å². The number of nitrogens with zero attached hydrogens (tertiary/aromatic N) is 4. The van der Waals surface area contributed by atoms with Gasteiger partial charge in [0, 0.05) is 31.0 Å². The monoisotopic (exact) mass is 581 g/mol. The van der Waals surface area contributed by atoms with E-state index in [1.165, 1.54) is 6.07 Å². The van der Waals surface area contributed by atoms with Gasteiger partial charge in [0.1, 0.15) is 5.82 Å². The van der Waals surface area contributed by atoms with Gasteiger partial charge in [0.15, 0.2) is 17.8 Å². The van der Waals surface area contributed by atoms with E-state index < -0.39 is 95.1 Å².